The van der Waals surface area contributed by atoms with E-state index in [1.54, 1.807) is 4.57 Å². The molecule has 2 aromatic rings. The van der Waals surface area contributed by atoms with E-state index in [1.165, 1.54) is 0 Å². The maximum Gasteiger partial charge on any atom is 0.280 e. The first-order valence-electron chi connectivity index (χ1n) is 8.22. The molecule has 4 atom stereocenters. The standard InChI is InChI=1S/C15H23N5O4S/c1-4-23-10-9(21)7(5-25)24-14(10)20-11(6(2)3)17-8-12(20)18-15(16)19-13(8)22/h6-7,9-10,14,21,25H,4-5H2,1-3H3,(H3,16,18,19,22)/t7-,9-,10-,14-/m1/s1. The highest BCUT2D eigenvalue weighted by atomic mass is 32.1. The average Bonchev–Trinajstić information content (AvgIpc) is 3.07. The van der Waals surface area contributed by atoms with E-state index in [0.717, 1.165) is 0 Å². The van der Waals surface area contributed by atoms with E-state index in [1.807, 2.05) is 20.8 Å². The van der Waals surface area contributed by atoms with Crippen molar-refractivity contribution >= 4 is 29.7 Å². The van der Waals surface area contributed by atoms with Crippen LogP contribution < -0.4 is 11.3 Å². The summed E-state index contributed by atoms with van der Waals surface area (Å²) in [5.74, 6) is 0.931. The number of aromatic amines is 1. The fraction of sp³-hybridized carbons (Fsp3) is 0.667. The van der Waals surface area contributed by atoms with Crippen LogP contribution in [0.3, 0.4) is 0 Å². The van der Waals surface area contributed by atoms with E-state index < -0.39 is 30.1 Å². The zero-order valence-electron chi connectivity index (χ0n) is 14.3. The molecule has 9 nitrogen and oxygen atoms in total. The Labute approximate surface area is 150 Å². The minimum atomic E-state index is -0.848. The third-order valence-electron chi connectivity index (χ3n) is 4.22. The first kappa shape index (κ1) is 18.2. The van der Waals surface area contributed by atoms with Crippen LogP contribution >= 0.6 is 12.6 Å². The number of imidazole rings is 1. The second kappa shape index (κ2) is 6.94. The second-order valence-electron chi connectivity index (χ2n) is 6.28. The van der Waals surface area contributed by atoms with Crippen LogP contribution in [0, 0.1) is 0 Å². The molecule has 0 unspecified atom stereocenters. The van der Waals surface area contributed by atoms with Gasteiger partial charge in [-0.25, -0.2) is 4.98 Å². The number of fused-ring (bicyclic) bond motifs is 1. The van der Waals surface area contributed by atoms with Crippen molar-refractivity contribution in [1.82, 2.24) is 19.5 Å². The van der Waals surface area contributed by atoms with Crippen LogP contribution in [0.25, 0.3) is 11.2 Å². The predicted molar refractivity (Wildman–Crippen MR) is 95.8 cm³/mol. The smallest absolute Gasteiger partial charge is 0.280 e. The zero-order valence-corrected chi connectivity index (χ0v) is 15.2. The van der Waals surface area contributed by atoms with Crippen LogP contribution in [0.15, 0.2) is 4.79 Å². The molecule has 0 bridgehead atoms. The molecule has 0 saturated carbocycles. The van der Waals surface area contributed by atoms with Crippen LogP contribution in [0.5, 0.6) is 0 Å². The number of rotatable bonds is 5. The Morgan fingerprint density at radius 1 is 1.48 bits per heavy atom. The molecule has 1 aliphatic heterocycles. The summed E-state index contributed by atoms with van der Waals surface area (Å²) in [6.07, 6.45) is -2.65. The number of nitrogens with one attached hydrogen (secondary N) is 1. The number of nitrogen functional groups attached to an aromatic ring is 1. The number of ether oxygens (including phenoxy) is 2. The van der Waals surface area contributed by atoms with Crippen LogP contribution in [0.4, 0.5) is 5.95 Å². The van der Waals surface area contributed by atoms with Crippen LogP contribution in [-0.4, -0.2) is 55.3 Å². The van der Waals surface area contributed by atoms with E-state index in [-0.39, 0.29) is 17.4 Å². The van der Waals surface area contributed by atoms with Gasteiger partial charge in [-0.2, -0.15) is 17.6 Å². The molecule has 1 fully saturated rings. The number of H-pyrrole nitrogens is 1. The second-order valence-corrected chi connectivity index (χ2v) is 6.64. The highest BCUT2D eigenvalue weighted by Crippen LogP contribution is 2.36. The molecule has 0 spiro atoms. The predicted octanol–water partition coefficient (Wildman–Crippen LogP) is 0.418. The molecule has 0 amide bonds. The van der Waals surface area contributed by atoms with Crippen LogP contribution in [0.2, 0.25) is 0 Å². The molecule has 138 valence electrons. The number of hydrogen-bond acceptors (Lipinski definition) is 8. The number of aromatic nitrogens is 4. The van der Waals surface area contributed by atoms with Gasteiger partial charge >= 0.3 is 0 Å². The van der Waals surface area contributed by atoms with Gasteiger partial charge in [-0.3, -0.25) is 14.3 Å². The van der Waals surface area contributed by atoms with E-state index in [0.29, 0.717) is 23.8 Å². The Kier molecular flexibility index (Phi) is 5.05. The highest BCUT2D eigenvalue weighted by Gasteiger charge is 2.46. The molecule has 2 aromatic heterocycles. The van der Waals surface area contributed by atoms with Crippen LogP contribution in [-0.2, 0) is 9.47 Å². The van der Waals surface area contributed by atoms with Gasteiger partial charge in [-0.05, 0) is 6.92 Å². The molecule has 3 heterocycles. The number of nitrogens with two attached hydrogens (primary N) is 1. The summed E-state index contributed by atoms with van der Waals surface area (Å²) in [7, 11) is 0. The van der Waals surface area contributed by atoms with Crippen molar-refractivity contribution < 1.29 is 14.6 Å². The Morgan fingerprint density at radius 3 is 2.80 bits per heavy atom. The van der Waals surface area contributed by atoms with Gasteiger partial charge in [0.1, 0.15) is 18.0 Å². The van der Waals surface area contributed by atoms with Gasteiger partial charge in [-0.15, -0.1) is 0 Å². The third-order valence-corrected chi connectivity index (χ3v) is 4.58. The lowest BCUT2D eigenvalue weighted by atomic mass is 10.1. The topological polar surface area (TPSA) is 128 Å². The van der Waals surface area contributed by atoms with E-state index in [2.05, 4.69) is 27.6 Å². The van der Waals surface area contributed by atoms with Crippen molar-refractivity contribution in [2.24, 2.45) is 0 Å². The molecule has 25 heavy (non-hydrogen) atoms. The summed E-state index contributed by atoms with van der Waals surface area (Å²) in [6.45, 7) is 6.15. The maximum atomic E-state index is 12.2. The molecule has 4 N–H and O–H groups in total. The van der Waals surface area contributed by atoms with Crippen molar-refractivity contribution in [1.29, 1.82) is 0 Å². The minimum absolute atomic E-state index is 0.00658. The van der Waals surface area contributed by atoms with Crippen molar-refractivity contribution in [3.05, 3.63) is 16.2 Å². The summed E-state index contributed by atoms with van der Waals surface area (Å²) in [5.41, 5.74) is 5.79. The summed E-state index contributed by atoms with van der Waals surface area (Å²) < 4.78 is 13.4. The lowest BCUT2D eigenvalue weighted by Gasteiger charge is -2.24. The molecule has 1 aliphatic rings. The largest absolute Gasteiger partial charge is 0.387 e. The summed E-state index contributed by atoms with van der Waals surface area (Å²) in [6, 6.07) is 0. The first-order valence-corrected chi connectivity index (χ1v) is 8.85. The molecule has 3 rings (SSSR count). The lowest BCUT2D eigenvalue weighted by Crippen LogP contribution is -2.35. The number of aliphatic hydroxyl groups is 1. The average molecular weight is 369 g/mol. The monoisotopic (exact) mass is 369 g/mol. The molecule has 0 aliphatic carbocycles. The number of thiol groups is 1. The van der Waals surface area contributed by atoms with Gasteiger partial charge in [0, 0.05) is 18.3 Å². The SMILES string of the molecule is CCO[C@@H]1[C@H](O)[C@@H](CS)O[C@H]1n1c(C(C)C)nc2c(=O)[nH]c(N)nc21. The number of hydrogen-bond donors (Lipinski definition) is 4. The van der Waals surface area contributed by atoms with Gasteiger partial charge in [0.2, 0.25) is 5.95 Å². The fourth-order valence-corrected chi connectivity index (χ4v) is 3.43. The van der Waals surface area contributed by atoms with Crippen molar-refractivity contribution in [2.45, 2.75) is 51.2 Å². The zero-order chi connectivity index (χ0) is 18.3. The number of nitrogens with zero attached hydrogens (tertiary/aromatic N) is 3. The quantitative estimate of drug-likeness (QED) is 0.562. The Bertz CT molecular complexity index is 820. The van der Waals surface area contributed by atoms with Gasteiger partial charge in [0.25, 0.3) is 5.56 Å². The molecule has 0 aromatic carbocycles. The van der Waals surface area contributed by atoms with Gasteiger partial charge in [0.05, 0.1) is 6.10 Å². The van der Waals surface area contributed by atoms with Crippen molar-refractivity contribution in [2.75, 3.05) is 18.1 Å². The Morgan fingerprint density at radius 2 is 2.20 bits per heavy atom. The summed E-state index contributed by atoms with van der Waals surface area (Å²) in [5, 5.41) is 10.5. The lowest BCUT2D eigenvalue weighted by molar-refractivity contribution is -0.0632. The number of aliphatic hydroxyl groups excluding tert-OH is 1. The summed E-state index contributed by atoms with van der Waals surface area (Å²) >= 11 is 4.24. The third kappa shape index (κ3) is 3.03. The van der Waals surface area contributed by atoms with E-state index >= 15 is 0 Å². The highest BCUT2D eigenvalue weighted by molar-refractivity contribution is 7.80. The van der Waals surface area contributed by atoms with E-state index in [9.17, 15) is 9.90 Å². The number of anilines is 1. The Hall–Kier alpha value is -1.62. The first-order chi connectivity index (χ1) is 11.9. The Balaban J connectivity index is 2.22. The molecular formula is C15H23N5O4S. The van der Waals surface area contributed by atoms with Gasteiger partial charge < -0.3 is 20.3 Å². The molecular weight excluding hydrogens is 346 g/mol. The van der Waals surface area contributed by atoms with E-state index in [4.69, 9.17) is 15.2 Å². The van der Waals surface area contributed by atoms with Gasteiger partial charge in [-0.1, -0.05) is 13.8 Å². The van der Waals surface area contributed by atoms with Gasteiger partial charge in [0.15, 0.2) is 17.4 Å². The molecule has 1 saturated heterocycles. The normalized spacial score (nSPS) is 26.8. The summed E-state index contributed by atoms with van der Waals surface area (Å²) in [4.78, 5) is 23.3. The van der Waals surface area contributed by atoms with Crippen molar-refractivity contribution in [3.63, 3.8) is 0 Å². The molecule has 0 radical (unpaired) electrons. The molecule has 10 heteroatoms. The maximum absolute atomic E-state index is 12.2. The fourth-order valence-electron chi connectivity index (χ4n) is 3.13. The van der Waals surface area contributed by atoms with Crippen LogP contribution in [0.1, 0.15) is 38.7 Å². The minimum Gasteiger partial charge on any atom is -0.387 e. The van der Waals surface area contributed by atoms with Crippen molar-refractivity contribution in [3.8, 4) is 0 Å².